The lowest BCUT2D eigenvalue weighted by Crippen LogP contribution is -2.26. The molecule has 0 radical (unpaired) electrons. The number of aryl methyl sites for hydroxylation is 1. The fourth-order valence-electron chi connectivity index (χ4n) is 2.47. The summed E-state index contributed by atoms with van der Waals surface area (Å²) in [6.45, 7) is 4.36. The SMILES string of the molecule is CCOc1ccc(S(=O)(=O)N(C)Cc2nc(-c3ccc(C)cc3)no2)cc1. The van der Waals surface area contributed by atoms with Crippen LogP contribution < -0.4 is 4.74 Å². The maximum Gasteiger partial charge on any atom is 0.243 e. The summed E-state index contributed by atoms with van der Waals surface area (Å²) in [4.78, 5) is 4.46. The summed E-state index contributed by atoms with van der Waals surface area (Å²) >= 11 is 0. The number of ether oxygens (including phenoxy) is 1. The molecule has 142 valence electrons. The minimum Gasteiger partial charge on any atom is -0.494 e. The Kier molecular flexibility index (Phi) is 5.57. The van der Waals surface area contributed by atoms with E-state index < -0.39 is 10.0 Å². The Bertz CT molecular complexity index is 996. The highest BCUT2D eigenvalue weighted by molar-refractivity contribution is 7.89. The zero-order valence-electron chi connectivity index (χ0n) is 15.4. The molecule has 8 heteroatoms. The Morgan fingerprint density at radius 1 is 1.07 bits per heavy atom. The average Bonchev–Trinajstić information content (AvgIpc) is 3.11. The first kappa shape index (κ1) is 19.1. The van der Waals surface area contributed by atoms with Crippen LogP contribution in [0.2, 0.25) is 0 Å². The summed E-state index contributed by atoms with van der Waals surface area (Å²) in [6.07, 6.45) is 0. The molecule has 0 saturated heterocycles. The standard InChI is InChI=1S/C19H21N3O4S/c1-4-25-16-9-11-17(12-10-16)27(23,24)22(3)13-18-20-19(21-26-18)15-7-5-14(2)6-8-15/h5-12H,4,13H2,1-3H3. The molecule has 0 atom stereocenters. The van der Waals surface area contributed by atoms with E-state index >= 15 is 0 Å². The van der Waals surface area contributed by atoms with E-state index in [-0.39, 0.29) is 17.3 Å². The van der Waals surface area contributed by atoms with E-state index in [1.807, 2.05) is 38.1 Å². The number of nitrogens with zero attached hydrogens (tertiary/aromatic N) is 3. The van der Waals surface area contributed by atoms with Crippen LogP contribution in [0.4, 0.5) is 0 Å². The van der Waals surface area contributed by atoms with Crippen LogP contribution in [-0.2, 0) is 16.6 Å². The highest BCUT2D eigenvalue weighted by Gasteiger charge is 2.23. The van der Waals surface area contributed by atoms with Gasteiger partial charge in [0.15, 0.2) is 0 Å². The molecule has 3 rings (SSSR count). The van der Waals surface area contributed by atoms with Crippen LogP contribution in [0, 0.1) is 6.92 Å². The van der Waals surface area contributed by atoms with Gasteiger partial charge in [-0.25, -0.2) is 8.42 Å². The van der Waals surface area contributed by atoms with Gasteiger partial charge in [0.2, 0.25) is 21.7 Å². The first-order chi connectivity index (χ1) is 12.9. The van der Waals surface area contributed by atoms with E-state index in [0.29, 0.717) is 18.2 Å². The van der Waals surface area contributed by atoms with E-state index in [2.05, 4.69) is 10.1 Å². The number of benzene rings is 2. The molecule has 0 bridgehead atoms. The lowest BCUT2D eigenvalue weighted by Gasteiger charge is -2.15. The lowest BCUT2D eigenvalue weighted by molar-refractivity contribution is 0.336. The maximum atomic E-state index is 12.7. The monoisotopic (exact) mass is 387 g/mol. The first-order valence-corrected chi connectivity index (χ1v) is 9.93. The van der Waals surface area contributed by atoms with Gasteiger partial charge in [0.05, 0.1) is 18.0 Å². The molecular formula is C19H21N3O4S. The van der Waals surface area contributed by atoms with Gasteiger partial charge >= 0.3 is 0 Å². The second-order valence-corrected chi connectivity index (χ2v) is 8.09. The first-order valence-electron chi connectivity index (χ1n) is 8.49. The molecule has 0 spiro atoms. The smallest absolute Gasteiger partial charge is 0.243 e. The minimum atomic E-state index is -3.68. The summed E-state index contributed by atoms with van der Waals surface area (Å²) in [6, 6.07) is 14.0. The van der Waals surface area contributed by atoms with E-state index in [1.54, 1.807) is 12.1 Å². The van der Waals surface area contributed by atoms with Crippen molar-refractivity contribution in [1.29, 1.82) is 0 Å². The third-order valence-electron chi connectivity index (χ3n) is 3.98. The predicted octanol–water partition coefficient (Wildman–Crippen LogP) is 3.26. The van der Waals surface area contributed by atoms with Crippen molar-refractivity contribution in [2.75, 3.05) is 13.7 Å². The number of aromatic nitrogens is 2. The fraction of sp³-hybridized carbons (Fsp3) is 0.263. The zero-order valence-corrected chi connectivity index (χ0v) is 16.2. The lowest BCUT2D eigenvalue weighted by atomic mass is 10.1. The van der Waals surface area contributed by atoms with Gasteiger partial charge in [0.25, 0.3) is 0 Å². The highest BCUT2D eigenvalue weighted by Crippen LogP contribution is 2.21. The summed E-state index contributed by atoms with van der Waals surface area (Å²) in [5, 5.41) is 3.93. The molecule has 0 N–H and O–H groups in total. The van der Waals surface area contributed by atoms with Gasteiger partial charge in [-0.2, -0.15) is 9.29 Å². The molecule has 27 heavy (non-hydrogen) atoms. The van der Waals surface area contributed by atoms with E-state index in [1.165, 1.54) is 23.5 Å². The summed E-state index contributed by atoms with van der Waals surface area (Å²) < 4.78 is 37.2. The maximum absolute atomic E-state index is 12.7. The fourth-order valence-corrected chi connectivity index (χ4v) is 3.59. The van der Waals surface area contributed by atoms with E-state index in [9.17, 15) is 8.42 Å². The molecule has 3 aromatic rings. The second-order valence-electron chi connectivity index (χ2n) is 6.04. The van der Waals surface area contributed by atoms with Crippen LogP contribution in [-0.4, -0.2) is 36.5 Å². The quantitative estimate of drug-likeness (QED) is 0.618. The molecule has 1 heterocycles. The summed E-state index contributed by atoms with van der Waals surface area (Å²) in [5.74, 6) is 1.28. The molecule has 0 amide bonds. The van der Waals surface area contributed by atoms with Crippen molar-refractivity contribution in [2.24, 2.45) is 0 Å². The number of rotatable bonds is 7. The Morgan fingerprint density at radius 2 is 1.74 bits per heavy atom. The Labute approximate surface area is 158 Å². The largest absolute Gasteiger partial charge is 0.494 e. The van der Waals surface area contributed by atoms with E-state index in [0.717, 1.165) is 11.1 Å². The van der Waals surface area contributed by atoms with Gasteiger partial charge in [-0.1, -0.05) is 35.0 Å². The molecule has 0 fully saturated rings. The van der Waals surface area contributed by atoms with Crippen molar-refractivity contribution in [3.05, 3.63) is 60.0 Å². The Morgan fingerprint density at radius 3 is 2.37 bits per heavy atom. The van der Waals surface area contributed by atoms with Crippen molar-refractivity contribution in [3.63, 3.8) is 0 Å². The molecule has 1 aromatic heterocycles. The third-order valence-corrected chi connectivity index (χ3v) is 5.80. The predicted molar refractivity (Wildman–Crippen MR) is 101 cm³/mol. The summed E-state index contributed by atoms with van der Waals surface area (Å²) in [7, 11) is -2.21. The topological polar surface area (TPSA) is 85.5 Å². The van der Waals surface area contributed by atoms with Gasteiger partial charge in [-0.05, 0) is 38.1 Å². The minimum absolute atomic E-state index is 0.0194. The molecule has 0 unspecified atom stereocenters. The summed E-state index contributed by atoms with van der Waals surface area (Å²) in [5.41, 5.74) is 1.94. The Hall–Kier alpha value is -2.71. The Balaban J connectivity index is 1.74. The van der Waals surface area contributed by atoms with Crippen molar-refractivity contribution in [2.45, 2.75) is 25.3 Å². The number of hydrogen-bond donors (Lipinski definition) is 0. The normalized spacial score (nSPS) is 11.7. The van der Waals surface area contributed by atoms with Gasteiger partial charge in [-0.3, -0.25) is 0 Å². The highest BCUT2D eigenvalue weighted by atomic mass is 32.2. The molecule has 0 aliphatic heterocycles. The van der Waals surface area contributed by atoms with Gasteiger partial charge in [0, 0.05) is 12.6 Å². The number of sulfonamides is 1. The molecule has 0 saturated carbocycles. The molecule has 0 aliphatic carbocycles. The third kappa shape index (κ3) is 4.35. The van der Waals surface area contributed by atoms with Crippen LogP contribution in [0.15, 0.2) is 57.9 Å². The van der Waals surface area contributed by atoms with Crippen molar-refractivity contribution in [1.82, 2.24) is 14.4 Å². The molecule has 0 aliphatic rings. The molecule has 7 nitrogen and oxygen atoms in total. The van der Waals surface area contributed by atoms with Crippen LogP contribution in [0.1, 0.15) is 18.4 Å². The number of hydrogen-bond acceptors (Lipinski definition) is 6. The van der Waals surface area contributed by atoms with E-state index in [4.69, 9.17) is 9.26 Å². The van der Waals surface area contributed by atoms with Crippen molar-refractivity contribution < 1.29 is 17.7 Å². The average molecular weight is 387 g/mol. The van der Waals surface area contributed by atoms with Gasteiger partial charge in [-0.15, -0.1) is 0 Å². The van der Waals surface area contributed by atoms with Crippen LogP contribution in [0.5, 0.6) is 5.75 Å². The van der Waals surface area contributed by atoms with Gasteiger partial charge < -0.3 is 9.26 Å². The second kappa shape index (κ2) is 7.89. The molecular weight excluding hydrogens is 366 g/mol. The van der Waals surface area contributed by atoms with Crippen LogP contribution >= 0.6 is 0 Å². The zero-order chi connectivity index (χ0) is 19.4. The van der Waals surface area contributed by atoms with Crippen molar-refractivity contribution >= 4 is 10.0 Å². The van der Waals surface area contributed by atoms with Crippen LogP contribution in [0.3, 0.4) is 0 Å². The molecule has 2 aromatic carbocycles. The van der Waals surface area contributed by atoms with Gasteiger partial charge in [0.1, 0.15) is 5.75 Å². The van der Waals surface area contributed by atoms with Crippen molar-refractivity contribution in [3.8, 4) is 17.1 Å². The van der Waals surface area contributed by atoms with Crippen LogP contribution in [0.25, 0.3) is 11.4 Å².